The maximum absolute atomic E-state index is 12.4. The fourth-order valence-electron chi connectivity index (χ4n) is 3.36. The first-order valence-electron chi connectivity index (χ1n) is 9.38. The summed E-state index contributed by atoms with van der Waals surface area (Å²) < 4.78 is 4.99. The number of nitrogens with one attached hydrogen (secondary N) is 1. The minimum absolute atomic E-state index is 0.0521. The number of amides is 1. The van der Waals surface area contributed by atoms with E-state index < -0.39 is 5.97 Å². The van der Waals surface area contributed by atoms with E-state index in [1.165, 1.54) is 24.2 Å². The van der Waals surface area contributed by atoms with Crippen molar-refractivity contribution in [3.05, 3.63) is 22.9 Å². The average Bonchev–Trinajstić information content (AvgIpc) is 2.64. The molecule has 1 fully saturated rings. The first kappa shape index (κ1) is 21.2. The zero-order chi connectivity index (χ0) is 20.0. The number of esters is 1. The number of aromatic nitrogens is 1. The molecule has 1 aromatic heterocycles. The van der Waals surface area contributed by atoms with E-state index in [9.17, 15) is 14.9 Å². The van der Waals surface area contributed by atoms with Gasteiger partial charge in [-0.05, 0) is 38.2 Å². The second-order valence-electron chi connectivity index (χ2n) is 7.04. The minimum atomic E-state index is -0.492. The third-order valence-corrected chi connectivity index (χ3v) is 6.18. The molecule has 0 radical (unpaired) electrons. The van der Waals surface area contributed by atoms with Gasteiger partial charge in [0.05, 0.1) is 29.2 Å². The van der Waals surface area contributed by atoms with Gasteiger partial charge < -0.3 is 10.1 Å². The number of hydrogen-bond donors (Lipinski definition) is 1. The molecule has 27 heavy (non-hydrogen) atoms. The van der Waals surface area contributed by atoms with Crippen molar-refractivity contribution in [2.24, 2.45) is 11.8 Å². The lowest BCUT2D eigenvalue weighted by Gasteiger charge is -2.34. The lowest BCUT2D eigenvalue weighted by Crippen LogP contribution is -2.44. The van der Waals surface area contributed by atoms with Crippen LogP contribution in [-0.4, -0.2) is 35.3 Å². The van der Waals surface area contributed by atoms with Crippen LogP contribution in [0.1, 0.15) is 61.6 Å². The molecule has 6 nitrogen and oxygen atoms in total. The fourth-order valence-corrected chi connectivity index (χ4v) is 4.17. The molecule has 3 atom stereocenters. The van der Waals surface area contributed by atoms with Crippen LogP contribution in [0.15, 0.2) is 11.1 Å². The molecule has 2 rings (SSSR count). The molecule has 0 aromatic carbocycles. The SMILES string of the molecule is CCOC(=O)c1cc(C#N)c(SCC(=O)N[C@H]2CCC[C@@H](C)[C@@H]2C)nc1C. The molecular formula is C20H27N3O3S. The van der Waals surface area contributed by atoms with Crippen molar-refractivity contribution in [3.63, 3.8) is 0 Å². The predicted molar refractivity (Wildman–Crippen MR) is 104 cm³/mol. The van der Waals surface area contributed by atoms with E-state index in [-0.39, 0.29) is 35.4 Å². The Kier molecular flexibility index (Phi) is 7.66. The third kappa shape index (κ3) is 5.46. The van der Waals surface area contributed by atoms with E-state index in [0.717, 1.165) is 12.8 Å². The molecule has 0 spiro atoms. The topological polar surface area (TPSA) is 92.1 Å². The van der Waals surface area contributed by atoms with Gasteiger partial charge in [0.2, 0.25) is 5.91 Å². The van der Waals surface area contributed by atoms with Crippen LogP contribution < -0.4 is 5.32 Å². The molecule has 1 saturated carbocycles. The number of carbonyl (C=O) groups excluding carboxylic acids is 2. The van der Waals surface area contributed by atoms with Gasteiger partial charge in [0.15, 0.2) is 0 Å². The van der Waals surface area contributed by atoms with Gasteiger partial charge in [-0.15, -0.1) is 0 Å². The van der Waals surface area contributed by atoms with E-state index in [0.29, 0.717) is 22.6 Å². The Labute approximate surface area is 165 Å². The average molecular weight is 390 g/mol. The maximum Gasteiger partial charge on any atom is 0.340 e. The van der Waals surface area contributed by atoms with Crippen molar-refractivity contribution in [2.75, 3.05) is 12.4 Å². The number of rotatable bonds is 6. The van der Waals surface area contributed by atoms with Crippen LogP contribution in [0.25, 0.3) is 0 Å². The van der Waals surface area contributed by atoms with Crippen molar-refractivity contribution < 1.29 is 14.3 Å². The molecule has 1 aromatic rings. The monoisotopic (exact) mass is 389 g/mol. The van der Waals surface area contributed by atoms with Crippen molar-refractivity contribution in [2.45, 2.75) is 58.0 Å². The fraction of sp³-hybridized carbons (Fsp3) is 0.600. The highest BCUT2D eigenvalue weighted by atomic mass is 32.2. The van der Waals surface area contributed by atoms with Crippen LogP contribution in [0.3, 0.4) is 0 Å². The number of hydrogen-bond acceptors (Lipinski definition) is 6. The lowest BCUT2D eigenvalue weighted by atomic mass is 9.78. The molecule has 0 aliphatic heterocycles. The Balaban J connectivity index is 2.02. The summed E-state index contributed by atoms with van der Waals surface area (Å²) in [5.41, 5.74) is 1.05. The van der Waals surface area contributed by atoms with E-state index in [1.807, 2.05) is 0 Å². The number of ether oxygens (including phenoxy) is 1. The molecular weight excluding hydrogens is 362 g/mol. The zero-order valence-corrected chi connectivity index (χ0v) is 17.2. The van der Waals surface area contributed by atoms with Crippen LogP contribution in [0.4, 0.5) is 0 Å². The summed E-state index contributed by atoms with van der Waals surface area (Å²) in [6.07, 6.45) is 3.36. The maximum atomic E-state index is 12.4. The van der Waals surface area contributed by atoms with Gasteiger partial charge in [-0.2, -0.15) is 5.26 Å². The summed E-state index contributed by atoms with van der Waals surface area (Å²) in [5, 5.41) is 13.0. The van der Waals surface area contributed by atoms with Gasteiger partial charge in [0.1, 0.15) is 11.1 Å². The highest BCUT2D eigenvalue weighted by Crippen LogP contribution is 2.30. The van der Waals surface area contributed by atoms with Gasteiger partial charge >= 0.3 is 5.97 Å². The van der Waals surface area contributed by atoms with Crippen molar-refractivity contribution in [3.8, 4) is 6.07 Å². The van der Waals surface area contributed by atoms with Gasteiger partial charge in [0, 0.05) is 6.04 Å². The second kappa shape index (κ2) is 9.75. The lowest BCUT2D eigenvalue weighted by molar-refractivity contribution is -0.120. The number of nitrogens with zero attached hydrogens (tertiary/aromatic N) is 2. The Hall–Kier alpha value is -2.07. The summed E-state index contributed by atoms with van der Waals surface area (Å²) in [5.74, 6) is 0.725. The molecule has 0 unspecified atom stereocenters. The third-order valence-electron chi connectivity index (χ3n) is 5.19. The van der Waals surface area contributed by atoms with Gasteiger partial charge in [-0.25, -0.2) is 9.78 Å². The molecule has 1 aliphatic rings. The standard InChI is InChI=1S/C20H27N3O3S/c1-5-26-20(25)16-9-15(10-21)19(22-14(16)4)27-11-18(24)23-17-8-6-7-12(2)13(17)3/h9,12-13,17H,5-8,11H2,1-4H3,(H,23,24)/t12-,13+,17+/m1/s1. The molecule has 146 valence electrons. The van der Waals surface area contributed by atoms with Gasteiger partial charge in [-0.1, -0.05) is 38.5 Å². The zero-order valence-electron chi connectivity index (χ0n) is 16.4. The Morgan fingerprint density at radius 3 is 2.81 bits per heavy atom. The van der Waals surface area contributed by atoms with Crippen LogP contribution in [0.2, 0.25) is 0 Å². The summed E-state index contributed by atoms with van der Waals surface area (Å²) in [6.45, 7) is 8.10. The quantitative estimate of drug-likeness (QED) is 0.592. The summed E-state index contributed by atoms with van der Waals surface area (Å²) in [7, 11) is 0. The van der Waals surface area contributed by atoms with E-state index in [2.05, 4.69) is 30.2 Å². The molecule has 1 amide bonds. The molecule has 0 saturated heterocycles. The highest BCUT2D eigenvalue weighted by molar-refractivity contribution is 8.00. The number of carbonyl (C=O) groups is 2. The van der Waals surface area contributed by atoms with Crippen molar-refractivity contribution >= 4 is 23.6 Å². The highest BCUT2D eigenvalue weighted by Gasteiger charge is 2.28. The van der Waals surface area contributed by atoms with Crippen LogP contribution in [0.5, 0.6) is 0 Å². The number of aryl methyl sites for hydroxylation is 1. The molecule has 1 heterocycles. The molecule has 1 aliphatic carbocycles. The number of pyridine rings is 1. The summed E-state index contributed by atoms with van der Waals surface area (Å²) >= 11 is 1.22. The summed E-state index contributed by atoms with van der Waals surface area (Å²) in [6, 6.07) is 3.75. The summed E-state index contributed by atoms with van der Waals surface area (Å²) in [4.78, 5) is 28.7. The largest absolute Gasteiger partial charge is 0.462 e. The Morgan fingerprint density at radius 2 is 2.15 bits per heavy atom. The normalized spacial score (nSPS) is 22.0. The Bertz CT molecular complexity index is 745. The molecule has 0 bridgehead atoms. The minimum Gasteiger partial charge on any atom is -0.462 e. The van der Waals surface area contributed by atoms with Crippen molar-refractivity contribution in [1.29, 1.82) is 5.26 Å². The van der Waals surface area contributed by atoms with Gasteiger partial charge in [0.25, 0.3) is 0 Å². The molecule has 7 heteroatoms. The molecule has 1 N–H and O–H groups in total. The van der Waals surface area contributed by atoms with Crippen LogP contribution in [0, 0.1) is 30.1 Å². The number of nitriles is 1. The van der Waals surface area contributed by atoms with E-state index in [4.69, 9.17) is 4.74 Å². The van der Waals surface area contributed by atoms with Crippen molar-refractivity contribution in [1.82, 2.24) is 10.3 Å². The smallest absolute Gasteiger partial charge is 0.340 e. The van der Waals surface area contributed by atoms with Gasteiger partial charge in [-0.3, -0.25) is 4.79 Å². The van der Waals surface area contributed by atoms with Crippen LogP contribution in [-0.2, 0) is 9.53 Å². The van der Waals surface area contributed by atoms with E-state index >= 15 is 0 Å². The first-order chi connectivity index (χ1) is 12.9. The second-order valence-corrected chi connectivity index (χ2v) is 8.00. The van der Waals surface area contributed by atoms with Crippen LogP contribution >= 0.6 is 11.8 Å². The van der Waals surface area contributed by atoms with E-state index in [1.54, 1.807) is 13.8 Å². The first-order valence-corrected chi connectivity index (χ1v) is 10.4. The number of thioether (sulfide) groups is 1. The predicted octanol–water partition coefficient (Wildman–Crippen LogP) is 3.47. The Morgan fingerprint density at radius 1 is 1.41 bits per heavy atom.